The fourth-order valence-electron chi connectivity index (χ4n) is 2.98. The zero-order chi connectivity index (χ0) is 20.8. The lowest BCUT2D eigenvalue weighted by Crippen LogP contribution is -2.55. The van der Waals surface area contributed by atoms with E-state index in [0.29, 0.717) is 25.6 Å². The van der Waals surface area contributed by atoms with Gasteiger partial charge in [-0.3, -0.25) is 14.3 Å². The first-order chi connectivity index (χ1) is 13.9. The van der Waals surface area contributed by atoms with Crippen LogP contribution in [0.3, 0.4) is 0 Å². The second-order valence-electron chi connectivity index (χ2n) is 7.02. The van der Waals surface area contributed by atoms with Gasteiger partial charge in [0, 0.05) is 51.9 Å². The van der Waals surface area contributed by atoms with Crippen molar-refractivity contribution >= 4 is 34.8 Å². The van der Waals surface area contributed by atoms with Gasteiger partial charge >= 0.3 is 0 Å². The van der Waals surface area contributed by atoms with Crippen LogP contribution < -0.4 is 10.2 Å². The Bertz CT molecular complexity index is 860. The predicted molar refractivity (Wildman–Crippen MR) is 114 cm³/mol. The van der Waals surface area contributed by atoms with Gasteiger partial charge in [0.1, 0.15) is 13.1 Å². The molecule has 0 atom stereocenters. The van der Waals surface area contributed by atoms with E-state index in [1.807, 2.05) is 24.2 Å². The van der Waals surface area contributed by atoms with Crippen LogP contribution in [-0.4, -0.2) is 84.2 Å². The summed E-state index contributed by atoms with van der Waals surface area (Å²) in [5.41, 5.74) is 0.795. The Kier molecular flexibility index (Phi) is 6.86. The van der Waals surface area contributed by atoms with E-state index in [1.54, 1.807) is 41.2 Å². The molecule has 1 aliphatic rings. The van der Waals surface area contributed by atoms with Crippen molar-refractivity contribution in [1.29, 1.82) is 0 Å². The van der Waals surface area contributed by atoms with Crippen molar-refractivity contribution in [3.63, 3.8) is 0 Å². The topological polar surface area (TPSA) is 86.1 Å². The lowest BCUT2D eigenvalue weighted by molar-refractivity contribution is -0.127. The summed E-state index contributed by atoms with van der Waals surface area (Å²) in [6, 6.07) is 4.12. The van der Waals surface area contributed by atoms with Gasteiger partial charge < -0.3 is 20.0 Å². The maximum Gasteiger partial charge on any atom is 0.246 e. The summed E-state index contributed by atoms with van der Waals surface area (Å²) in [6.45, 7) is 2.10. The predicted octanol–water partition coefficient (Wildman–Crippen LogP) is 0.407. The fraction of sp³-hybridized carbons (Fsp3) is 0.474. The first-order valence-electron chi connectivity index (χ1n) is 9.49. The Morgan fingerprint density at radius 2 is 2.21 bits per heavy atom. The molecular weight excluding hydrogens is 390 g/mol. The van der Waals surface area contributed by atoms with Crippen molar-refractivity contribution in [2.45, 2.75) is 6.42 Å². The van der Waals surface area contributed by atoms with Crippen LogP contribution in [0, 0.1) is 0 Å². The molecule has 3 heterocycles. The molecule has 0 aliphatic carbocycles. The van der Waals surface area contributed by atoms with E-state index in [4.69, 9.17) is 0 Å². The van der Waals surface area contributed by atoms with Gasteiger partial charge in [-0.05, 0) is 17.9 Å². The van der Waals surface area contributed by atoms with Crippen molar-refractivity contribution < 1.29 is 9.59 Å². The molecule has 9 nitrogen and oxygen atoms in total. The smallest absolute Gasteiger partial charge is 0.246 e. The number of anilines is 1. The number of rotatable bonds is 6. The summed E-state index contributed by atoms with van der Waals surface area (Å²) in [7, 11) is 5.24. The van der Waals surface area contributed by atoms with Crippen molar-refractivity contribution in [3.8, 4) is 0 Å². The van der Waals surface area contributed by atoms with Crippen molar-refractivity contribution in [2.75, 3.05) is 51.7 Å². The van der Waals surface area contributed by atoms with Gasteiger partial charge in [0.05, 0.1) is 11.9 Å². The summed E-state index contributed by atoms with van der Waals surface area (Å²) >= 11 is 1.71. The highest BCUT2D eigenvalue weighted by Crippen LogP contribution is 2.16. The van der Waals surface area contributed by atoms with E-state index in [0.717, 1.165) is 12.1 Å². The molecule has 29 heavy (non-hydrogen) atoms. The maximum atomic E-state index is 12.7. The first-order valence-corrected chi connectivity index (χ1v) is 10.4. The van der Waals surface area contributed by atoms with Gasteiger partial charge in [-0.25, -0.2) is 4.99 Å². The second kappa shape index (κ2) is 9.55. The number of thiophene rings is 1. The van der Waals surface area contributed by atoms with Gasteiger partial charge in [0.25, 0.3) is 0 Å². The van der Waals surface area contributed by atoms with E-state index >= 15 is 0 Å². The molecule has 0 aromatic carbocycles. The molecule has 0 bridgehead atoms. The average molecular weight is 418 g/mol. The Balaban J connectivity index is 1.65. The quantitative estimate of drug-likeness (QED) is 0.543. The minimum atomic E-state index is -0.0807. The molecule has 0 unspecified atom stereocenters. The Hall–Kier alpha value is -2.88. The van der Waals surface area contributed by atoms with Gasteiger partial charge in [-0.15, -0.1) is 11.3 Å². The summed E-state index contributed by atoms with van der Waals surface area (Å²) in [5.74, 6) is 0.495. The number of aromatic nitrogens is 2. The lowest BCUT2D eigenvalue weighted by atomic mass is 10.3. The molecule has 0 saturated carbocycles. The second-order valence-corrected chi connectivity index (χ2v) is 8.06. The number of aryl methyl sites for hydroxylation is 1. The normalized spacial score (nSPS) is 15.0. The minimum absolute atomic E-state index is 0.0176. The number of carbonyl (C=O) groups is 2. The number of hydrogen-bond acceptors (Lipinski definition) is 5. The van der Waals surface area contributed by atoms with E-state index in [1.165, 1.54) is 9.78 Å². The molecule has 1 saturated heterocycles. The number of hydrogen-bond donors (Lipinski definition) is 1. The van der Waals surface area contributed by atoms with Crippen LogP contribution in [0.4, 0.5) is 5.69 Å². The molecular formula is C19H27N7O2S. The van der Waals surface area contributed by atoms with Gasteiger partial charge in [0.15, 0.2) is 5.96 Å². The summed E-state index contributed by atoms with van der Waals surface area (Å²) in [5, 5.41) is 9.52. The van der Waals surface area contributed by atoms with E-state index in [2.05, 4.69) is 26.9 Å². The highest BCUT2D eigenvalue weighted by molar-refractivity contribution is 7.09. The fourth-order valence-corrected chi connectivity index (χ4v) is 3.69. The number of amides is 2. The van der Waals surface area contributed by atoms with Crippen LogP contribution in [0.1, 0.15) is 4.88 Å². The summed E-state index contributed by atoms with van der Waals surface area (Å²) in [6.07, 6.45) is 4.39. The minimum Gasteiger partial charge on any atom is -0.356 e. The number of nitrogens with one attached hydrogen (secondary N) is 1. The van der Waals surface area contributed by atoms with E-state index in [-0.39, 0.29) is 24.9 Å². The van der Waals surface area contributed by atoms with E-state index < -0.39 is 0 Å². The molecule has 156 valence electrons. The van der Waals surface area contributed by atoms with E-state index in [9.17, 15) is 9.59 Å². The number of guanidine groups is 1. The van der Waals surface area contributed by atoms with Crippen LogP contribution in [0.5, 0.6) is 0 Å². The molecule has 0 spiro atoms. The third kappa shape index (κ3) is 5.57. The third-order valence-electron chi connectivity index (χ3n) is 4.62. The molecule has 1 N–H and O–H groups in total. The Labute approximate surface area is 174 Å². The van der Waals surface area contributed by atoms with Crippen LogP contribution in [0.2, 0.25) is 0 Å². The highest BCUT2D eigenvalue weighted by Gasteiger charge is 2.28. The monoisotopic (exact) mass is 417 g/mol. The highest BCUT2D eigenvalue weighted by atomic mass is 32.1. The molecule has 0 radical (unpaired) electrons. The zero-order valence-corrected chi connectivity index (χ0v) is 17.9. The Morgan fingerprint density at radius 1 is 1.38 bits per heavy atom. The summed E-state index contributed by atoms with van der Waals surface area (Å²) in [4.78, 5) is 35.6. The number of carbonyl (C=O) groups excluding carboxylic acids is 2. The standard InChI is InChI=1S/C19H27N7O2S/c1-23(2)17(27)12-21-19(20-7-6-16-5-4-10-29-16)25-8-9-26(18(28)14-25)15-11-22-24(3)13-15/h4-5,10-11,13H,6-9,12,14H2,1-3H3,(H,20,21). The maximum absolute atomic E-state index is 12.7. The van der Waals surface area contributed by atoms with Crippen LogP contribution in [0.15, 0.2) is 34.9 Å². The summed E-state index contributed by atoms with van der Waals surface area (Å²) < 4.78 is 1.68. The van der Waals surface area contributed by atoms with Crippen molar-refractivity contribution in [1.82, 2.24) is 24.9 Å². The number of likely N-dealkylation sites (N-methyl/N-ethyl adjacent to an activating group) is 1. The molecule has 10 heteroatoms. The zero-order valence-electron chi connectivity index (χ0n) is 17.0. The number of piperazine rings is 1. The Morgan fingerprint density at radius 3 is 2.83 bits per heavy atom. The third-order valence-corrected chi connectivity index (χ3v) is 5.56. The first kappa shape index (κ1) is 20.8. The largest absolute Gasteiger partial charge is 0.356 e. The molecule has 2 amide bonds. The van der Waals surface area contributed by atoms with Crippen molar-refractivity contribution in [3.05, 3.63) is 34.8 Å². The van der Waals surface area contributed by atoms with Gasteiger partial charge in [-0.2, -0.15) is 5.10 Å². The molecule has 1 aliphatic heterocycles. The van der Waals surface area contributed by atoms with Gasteiger partial charge in [0.2, 0.25) is 11.8 Å². The van der Waals surface area contributed by atoms with Crippen LogP contribution >= 0.6 is 11.3 Å². The van der Waals surface area contributed by atoms with Crippen LogP contribution in [-0.2, 0) is 23.1 Å². The molecule has 3 rings (SSSR count). The number of aliphatic imine (C=N–C) groups is 1. The van der Waals surface area contributed by atoms with Crippen molar-refractivity contribution in [2.24, 2.45) is 12.0 Å². The SMILES string of the molecule is CN(C)C(=O)CN=C(NCCc1cccs1)N1CCN(c2cnn(C)c2)C(=O)C1. The molecule has 1 fully saturated rings. The number of nitrogens with zero attached hydrogens (tertiary/aromatic N) is 6. The average Bonchev–Trinajstić information content (AvgIpc) is 3.35. The lowest BCUT2D eigenvalue weighted by Gasteiger charge is -2.35. The van der Waals surface area contributed by atoms with Gasteiger partial charge in [-0.1, -0.05) is 6.07 Å². The van der Waals surface area contributed by atoms with Crippen LogP contribution in [0.25, 0.3) is 0 Å². The molecule has 2 aromatic heterocycles. The molecule has 2 aromatic rings.